The van der Waals surface area contributed by atoms with Crippen LogP contribution in [-0.4, -0.2) is 12.1 Å². The standard InChI is InChI=1S/C29H39NO2/c1-4-19-17-29(3)21(16-26(19)32-27(31)20-8-6-5-7-9-20)10-12-23-24-13-11-22(18-30)28(24,2)15-14-25(23)29/h5-9,19,21-26H,4,10-17H2,1-3H3/t19-,21-,22+,23-,24-,25-,26-,28+,29-/m0/s1. The number of benzene rings is 1. The molecule has 3 heteroatoms. The van der Waals surface area contributed by atoms with Crippen molar-refractivity contribution in [3.63, 3.8) is 0 Å². The molecule has 0 unspecified atom stereocenters. The number of nitriles is 1. The molecule has 4 aliphatic carbocycles. The van der Waals surface area contributed by atoms with E-state index in [0.717, 1.165) is 37.0 Å². The number of carbonyl (C=O) groups excluding carboxylic acids is 1. The van der Waals surface area contributed by atoms with Gasteiger partial charge in [0, 0.05) is 0 Å². The van der Waals surface area contributed by atoms with Crippen LogP contribution in [0.5, 0.6) is 0 Å². The maximum absolute atomic E-state index is 12.8. The molecule has 0 heterocycles. The first-order chi connectivity index (χ1) is 15.4. The van der Waals surface area contributed by atoms with E-state index in [1.807, 2.05) is 30.3 Å². The minimum Gasteiger partial charge on any atom is -0.458 e. The zero-order valence-electron chi connectivity index (χ0n) is 20.1. The van der Waals surface area contributed by atoms with Crippen molar-refractivity contribution in [2.45, 2.75) is 84.7 Å². The molecule has 0 amide bonds. The molecule has 0 spiro atoms. The molecule has 3 nitrogen and oxygen atoms in total. The highest BCUT2D eigenvalue weighted by molar-refractivity contribution is 5.89. The zero-order valence-corrected chi connectivity index (χ0v) is 20.1. The van der Waals surface area contributed by atoms with E-state index >= 15 is 0 Å². The number of hydrogen-bond acceptors (Lipinski definition) is 3. The third-order valence-corrected chi connectivity index (χ3v) is 10.8. The summed E-state index contributed by atoms with van der Waals surface area (Å²) in [7, 11) is 0. The van der Waals surface area contributed by atoms with Gasteiger partial charge in [-0.05, 0) is 110 Å². The summed E-state index contributed by atoms with van der Waals surface area (Å²) in [4.78, 5) is 12.8. The Kier molecular flexibility index (Phi) is 5.63. The Morgan fingerprint density at radius 3 is 2.53 bits per heavy atom. The molecule has 0 radical (unpaired) electrons. The van der Waals surface area contributed by atoms with Gasteiger partial charge >= 0.3 is 5.97 Å². The fourth-order valence-electron chi connectivity index (χ4n) is 8.95. The minimum absolute atomic E-state index is 0.0469. The lowest BCUT2D eigenvalue weighted by molar-refractivity contribution is -0.142. The Balaban J connectivity index is 1.35. The Morgan fingerprint density at radius 1 is 1.06 bits per heavy atom. The van der Waals surface area contributed by atoms with E-state index in [1.54, 1.807) is 0 Å². The number of nitrogens with zero attached hydrogens (tertiary/aromatic N) is 1. The van der Waals surface area contributed by atoms with Gasteiger partial charge in [-0.1, -0.05) is 39.0 Å². The molecular weight excluding hydrogens is 394 g/mol. The van der Waals surface area contributed by atoms with Gasteiger partial charge in [0.1, 0.15) is 6.10 Å². The zero-order chi connectivity index (χ0) is 22.5. The van der Waals surface area contributed by atoms with Crippen molar-refractivity contribution in [3.8, 4) is 6.07 Å². The normalized spacial score (nSPS) is 45.1. The van der Waals surface area contributed by atoms with Crippen LogP contribution < -0.4 is 0 Å². The second-order valence-corrected chi connectivity index (χ2v) is 11.9. The Labute approximate surface area is 193 Å². The molecule has 1 aromatic carbocycles. The molecule has 0 N–H and O–H groups in total. The van der Waals surface area contributed by atoms with Gasteiger partial charge in [0.05, 0.1) is 17.6 Å². The fraction of sp³-hybridized carbons (Fsp3) is 0.724. The maximum Gasteiger partial charge on any atom is 0.338 e. The first kappa shape index (κ1) is 22.0. The topological polar surface area (TPSA) is 50.1 Å². The van der Waals surface area contributed by atoms with E-state index in [1.165, 1.54) is 38.5 Å². The smallest absolute Gasteiger partial charge is 0.338 e. The average molecular weight is 434 g/mol. The molecule has 5 rings (SSSR count). The number of fused-ring (bicyclic) bond motifs is 5. The van der Waals surface area contributed by atoms with Gasteiger partial charge < -0.3 is 4.74 Å². The summed E-state index contributed by atoms with van der Waals surface area (Å²) in [5.74, 6) is 3.50. The van der Waals surface area contributed by atoms with E-state index in [9.17, 15) is 10.1 Å². The van der Waals surface area contributed by atoms with E-state index in [2.05, 4.69) is 26.8 Å². The molecule has 172 valence electrons. The second kappa shape index (κ2) is 8.19. The molecule has 4 fully saturated rings. The average Bonchev–Trinajstić information content (AvgIpc) is 3.15. The van der Waals surface area contributed by atoms with Crippen LogP contribution in [0.15, 0.2) is 30.3 Å². The predicted molar refractivity (Wildman–Crippen MR) is 126 cm³/mol. The second-order valence-electron chi connectivity index (χ2n) is 11.9. The monoisotopic (exact) mass is 433 g/mol. The van der Waals surface area contributed by atoms with Crippen LogP contribution in [0.3, 0.4) is 0 Å². The van der Waals surface area contributed by atoms with Crippen molar-refractivity contribution >= 4 is 5.97 Å². The van der Waals surface area contributed by atoms with E-state index in [4.69, 9.17) is 4.74 Å². The van der Waals surface area contributed by atoms with E-state index in [-0.39, 0.29) is 23.4 Å². The Morgan fingerprint density at radius 2 is 1.81 bits per heavy atom. The lowest BCUT2D eigenvalue weighted by atomic mass is 9.43. The number of hydrogen-bond donors (Lipinski definition) is 0. The van der Waals surface area contributed by atoms with Crippen LogP contribution in [0.25, 0.3) is 0 Å². The molecule has 0 bridgehead atoms. The van der Waals surface area contributed by atoms with Crippen molar-refractivity contribution in [2.24, 2.45) is 46.3 Å². The molecule has 9 atom stereocenters. The summed E-state index contributed by atoms with van der Waals surface area (Å²) >= 11 is 0. The molecule has 32 heavy (non-hydrogen) atoms. The Bertz CT molecular complexity index is 890. The quantitative estimate of drug-likeness (QED) is 0.481. The number of carbonyl (C=O) groups is 1. The Hall–Kier alpha value is -1.82. The first-order valence-corrected chi connectivity index (χ1v) is 13.1. The number of ether oxygens (including phenoxy) is 1. The first-order valence-electron chi connectivity index (χ1n) is 13.1. The highest BCUT2D eigenvalue weighted by Gasteiger charge is 2.61. The molecule has 0 aliphatic heterocycles. The summed E-state index contributed by atoms with van der Waals surface area (Å²) in [6, 6.07) is 12.1. The molecule has 0 saturated heterocycles. The van der Waals surface area contributed by atoms with E-state index < -0.39 is 0 Å². The maximum atomic E-state index is 12.8. The van der Waals surface area contributed by atoms with Crippen LogP contribution in [-0.2, 0) is 4.74 Å². The van der Waals surface area contributed by atoms with Crippen LogP contribution in [0.2, 0.25) is 0 Å². The lowest BCUT2D eigenvalue weighted by Gasteiger charge is -2.62. The van der Waals surface area contributed by atoms with Crippen LogP contribution in [0.4, 0.5) is 0 Å². The van der Waals surface area contributed by atoms with E-state index in [0.29, 0.717) is 22.8 Å². The van der Waals surface area contributed by atoms with Crippen molar-refractivity contribution in [1.82, 2.24) is 0 Å². The summed E-state index contributed by atoms with van der Waals surface area (Å²) in [6.07, 6.45) is 10.8. The summed E-state index contributed by atoms with van der Waals surface area (Å²) in [5.41, 5.74) is 1.26. The summed E-state index contributed by atoms with van der Waals surface area (Å²) in [5, 5.41) is 9.76. The van der Waals surface area contributed by atoms with Crippen LogP contribution in [0, 0.1) is 57.7 Å². The number of esters is 1. The van der Waals surface area contributed by atoms with Gasteiger partial charge in [0.25, 0.3) is 0 Å². The third-order valence-electron chi connectivity index (χ3n) is 10.8. The SMILES string of the molecule is CC[C@H]1C[C@@]2(C)[C@@H](CC[C@@H]3[C@@H]2CC[C@]2(C)[C@@H](C#N)CC[C@@H]32)C[C@@H]1OC(=O)c1ccccc1. The molecule has 4 saturated carbocycles. The van der Waals surface area contributed by atoms with Crippen LogP contribution in [0.1, 0.15) is 88.9 Å². The fourth-order valence-corrected chi connectivity index (χ4v) is 8.95. The van der Waals surface area contributed by atoms with Crippen molar-refractivity contribution in [2.75, 3.05) is 0 Å². The predicted octanol–water partition coefficient (Wildman–Crippen LogP) is 7.03. The lowest BCUT2D eigenvalue weighted by Crippen LogP contribution is -2.55. The van der Waals surface area contributed by atoms with Gasteiger partial charge in [-0.2, -0.15) is 5.26 Å². The van der Waals surface area contributed by atoms with Gasteiger partial charge in [0.15, 0.2) is 0 Å². The van der Waals surface area contributed by atoms with Gasteiger partial charge in [-0.15, -0.1) is 0 Å². The third kappa shape index (κ3) is 3.32. The van der Waals surface area contributed by atoms with Crippen molar-refractivity contribution in [1.29, 1.82) is 5.26 Å². The minimum atomic E-state index is -0.159. The molecular formula is C29H39NO2. The van der Waals surface area contributed by atoms with Gasteiger partial charge in [0.2, 0.25) is 0 Å². The molecule has 0 aromatic heterocycles. The van der Waals surface area contributed by atoms with Gasteiger partial charge in [-0.3, -0.25) is 0 Å². The largest absolute Gasteiger partial charge is 0.458 e. The molecule has 4 aliphatic rings. The molecule has 1 aromatic rings. The highest BCUT2D eigenvalue weighted by atomic mass is 16.5. The van der Waals surface area contributed by atoms with Crippen molar-refractivity contribution < 1.29 is 9.53 Å². The van der Waals surface area contributed by atoms with Gasteiger partial charge in [-0.25, -0.2) is 4.79 Å². The van der Waals surface area contributed by atoms with Crippen LogP contribution >= 0.6 is 0 Å². The number of rotatable bonds is 3. The highest BCUT2D eigenvalue weighted by Crippen LogP contribution is 2.68. The van der Waals surface area contributed by atoms with Crippen molar-refractivity contribution in [3.05, 3.63) is 35.9 Å². The summed E-state index contributed by atoms with van der Waals surface area (Å²) < 4.78 is 6.15. The summed E-state index contributed by atoms with van der Waals surface area (Å²) in [6.45, 7) is 7.27.